The maximum Gasteiger partial charge on any atom is 0.573 e. The Morgan fingerprint density at radius 2 is 1.54 bits per heavy atom. The van der Waals surface area contributed by atoms with Gasteiger partial charge in [-0.05, 0) is 60.5 Å². The zero-order chi connectivity index (χ0) is 28.5. The number of furan rings is 1. The number of alkyl halides is 3. The van der Waals surface area contributed by atoms with Crippen LogP contribution in [0.25, 0.3) is 21.9 Å². The van der Waals surface area contributed by atoms with E-state index in [2.05, 4.69) is 20.1 Å². The van der Waals surface area contributed by atoms with Gasteiger partial charge in [0, 0.05) is 28.2 Å². The number of urea groups is 1. The minimum atomic E-state index is -4.83. The fourth-order valence-corrected chi connectivity index (χ4v) is 5.10. The maximum atomic E-state index is 12.8. The molecule has 3 aromatic carbocycles. The van der Waals surface area contributed by atoms with Crippen molar-refractivity contribution in [1.82, 2.24) is 4.72 Å². The summed E-state index contributed by atoms with van der Waals surface area (Å²) in [6.07, 6.45) is -4.83. The number of carboxylic acids is 1. The Morgan fingerprint density at radius 1 is 0.897 bits per heavy atom. The van der Waals surface area contributed by atoms with Crippen LogP contribution in [-0.2, 0) is 14.8 Å². The van der Waals surface area contributed by atoms with Gasteiger partial charge in [-0.2, -0.15) is 4.72 Å². The largest absolute Gasteiger partial charge is 0.573 e. The van der Waals surface area contributed by atoms with E-state index in [9.17, 15) is 36.3 Å². The lowest BCUT2D eigenvalue weighted by molar-refractivity contribution is -0.274. The molecule has 0 spiro atoms. The third-order valence-corrected chi connectivity index (χ3v) is 7.01. The van der Waals surface area contributed by atoms with Gasteiger partial charge in [0.15, 0.2) is 0 Å². The van der Waals surface area contributed by atoms with E-state index in [0.29, 0.717) is 22.0 Å². The number of hydrogen-bond donors (Lipinski definition) is 4. The standard InChI is InChI=1S/C25H22F3N3O7S/c1-13(2)22(23(32)33)31-39(35,36)17-8-9-18-19-11-15(5-10-20(19)37-21(18)12-17)30-24(34)29-14-3-6-16(7-4-14)38-25(26,27)28/h3-13,22,31H,1-2H3,(H,32,33)(H2,29,30,34)/t22-/m1/s1. The minimum Gasteiger partial charge on any atom is -0.480 e. The number of carbonyl (C=O) groups excluding carboxylic acids is 1. The molecule has 1 atom stereocenters. The SMILES string of the molecule is CC(C)[C@@H](NS(=O)(=O)c1ccc2c(c1)oc1ccc(NC(=O)Nc3ccc(OC(F)(F)F)cc3)cc12)C(=O)O. The Labute approximate surface area is 219 Å². The number of amides is 2. The number of carboxylic acid groups (broad SMARTS) is 1. The van der Waals surface area contributed by atoms with Crippen molar-refractivity contribution in [3.63, 3.8) is 0 Å². The lowest BCUT2D eigenvalue weighted by Gasteiger charge is -2.17. The van der Waals surface area contributed by atoms with Crippen molar-refractivity contribution in [3.05, 3.63) is 60.7 Å². The number of hydrogen-bond acceptors (Lipinski definition) is 6. The van der Waals surface area contributed by atoms with Crippen LogP contribution >= 0.6 is 0 Å². The predicted molar refractivity (Wildman–Crippen MR) is 136 cm³/mol. The predicted octanol–water partition coefficient (Wildman–Crippen LogP) is 5.52. The molecule has 0 fully saturated rings. The van der Waals surface area contributed by atoms with Crippen LogP contribution in [-0.4, -0.2) is 37.9 Å². The monoisotopic (exact) mass is 565 g/mol. The third kappa shape index (κ3) is 6.59. The van der Waals surface area contributed by atoms with Gasteiger partial charge in [-0.3, -0.25) is 4.79 Å². The van der Waals surface area contributed by atoms with E-state index in [0.717, 1.165) is 12.1 Å². The van der Waals surface area contributed by atoms with Crippen molar-refractivity contribution in [1.29, 1.82) is 0 Å². The molecule has 1 aromatic heterocycles. The van der Waals surface area contributed by atoms with Crippen LogP contribution in [0.2, 0.25) is 0 Å². The quantitative estimate of drug-likeness (QED) is 0.220. The first-order valence-electron chi connectivity index (χ1n) is 11.4. The highest BCUT2D eigenvalue weighted by Crippen LogP contribution is 2.32. The molecule has 4 N–H and O–H groups in total. The molecule has 0 aliphatic carbocycles. The van der Waals surface area contributed by atoms with Crippen LogP contribution < -0.4 is 20.1 Å². The highest BCUT2D eigenvalue weighted by Gasteiger charge is 2.31. The van der Waals surface area contributed by atoms with Gasteiger partial charge in [-0.25, -0.2) is 13.2 Å². The Bertz CT molecular complexity index is 1650. The van der Waals surface area contributed by atoms with E-state index in [1.54, 1.807) is 32.0 Å². The first kappa shape index (κ1) is 27.7. The Balaban J connectivity index is 1.51. The summed E-state index contributed by atoms with van der Waals surface area (Å²) in [4.78, 5) is 23.7. The first-order valence-corrected chi connectivity index (χ1v) is 12.9. The fourth-order valence-electron chi connectivity index (χ4n) is 3.74. The van der Waals surface area contributed by atoms with Gasteiger partial charge in [-0.15, -0.1) is 13.2 Å². The lowest BCUT2D eigenvalue weighted by Crippen LogP contribution is -2.44. The third-order valence-electron chi connectivity index (χ3n) is 5.57. The number of halogens is 3. The summed E-state index contributed by atoms with van der Waals surface area (Å²) < 4.78 is 74.2. The van der Waals surface area contributed by atoms with E-state index in [4.69, 9.17) is 4.42 Å². The van der Waals surface area contributed by atoms with Gasteiger partial charge in [0.1, 0.15) is 23.0 Å². The molecule has 0 unspecified atom stereocenters. The van der Waals surface area contributed by atoms with Crippen molar-refractivity contribution in [2.75, 3.05) is 10.6 Å². The topological polar surface area (TPSA) is 147 Å². The molecule has 14 heteroatoms. The maximum absolute atomic E-state index is 12.8. The number of sulfonamides is 1. The minimum absolute atomic E-state index is 0.176. The zero-order valence-corrected chi connectivity index (χ0v) is 21.2. The number of fused-ring (bicyclic) bond motifs is 3. The second-order valence-electron chi connectivity index (χ2n) is 8.80. The summed E-state index contributed by atoms with van der Waals surface area (Å²) >= 11 is 0. The lowest BCUT2D eigenvalue weighted by atomic mass is 10.1. The molecule has 0 saturated heterocycles. The second-order valence-corrected chi connectivity index (χ2v) is 10.5. The Morgan fingerprint density at radius 3 is 2.15 bits per heavy atom. The summed E-state index contributed by atoms with van der Waals surface area (Å²) in [6.45, 7) is 3.16. The summed E-state index contributed by atoms with van der Waals surface area (Å²) in [6, 6.07) is 11.5. The van der Waals surface area contributed by atoms with Gasteiger partial charge in [0.2, 0.25) is 10.0 Å². The number of benzene rings is 3. The van der Waals surface area contributed by atoms with Crippen molar-refractivity contribution in [2.24, 2.45) is 5.92 Å². The fraction of sp³-hybridized carbons (Fsp3) is 0.200. The molecular weight excluding hydrogens is 543 g/mol. The van der Waals surface area contributed by atoms with Crippen LogP contribution in [0.1, 0.15) is 13.8 Å². The van der Waals surface area contributed by atoms with Crippen molar-refractivity contribution in [2.45, 2.75) is 31.1 Å². The van der Waals surface area contributed by atoms with Gasteiger partial charge in [-0.1, -0.05) is 13.8 Å². The Kier molecular flexibility index (Phi) is 7.44. The van der Waals surface area contributed by atoms with E-state index < -0.39 is 46.1 Å². The molecule has 2 amide bonds. The van der Waals surface area contributed by atoms with Gasteiger partial charge >= 0.3 is 18.4 Å². The average molecular weight is 566 g/mol. The molecule has 0 saturated carbocycles. The van der Waals surface area contributed by atoms with Crippen molar-refractivity contribution >= 4 is 55.3 Å². The Hall–Kier alpha value is -4.30. The molecule has 0 aliphatic heterocycles. The van der Waals surface area contributed by atoms with E-state index in [-0.39, 0.29) is 16.2 Å². The number of anilines is 2. The van der Waals surface area contributed by atoms with Crippen molar-refractivity contribution < 1.29 is 45.4 Å². The number of ether oxygens (including phenoxy) is 1. The first-order chi connectivity index (χ1) is 18.2. The molecule has 39 heavy (non-hydrogen) atoms. The molecule has 0 radical (unpaired) electrons. The smallest absolute Gasteiger partial charge is 0.480 e. The highest BCUT2D eigenvalue weighted by atomic mass is 32.2. The molecule has 4 rings (SSSR count). The summed E-state index contributed by atoms with van der Waals surface area (Å²) in [5, 5.41) is 15.5. The average Bonchev–Trinajstić information content (AvgIpc) is 3.20. The number of rotatable bonds is 8. The number of nitrogens with one attached hydrogen (secondary N) is 3. The summed E-state index contributed by atoms with van der Waals surface area (Å²) in [7, 11) is -4.16. The summed E-state index contributed by atoms with van der Waals surface area (Å²) in [5.74, 6) is -2.22. The molecule has 10 nitrogen and oxygen atoms in total. The van der Waals surface area contributed by atoms with Crippen LogP contribution in [0.5, 0.6) is 5.75 Å². The van der Waals surface area contributed by atoms with Crippen LogP contribution in [0.15, 0.2) is 70.0 Å². The molecular formula is C25H22F3N3O7S. The highest BCUT2D eigenvalue weighted by molar-refractivity contribution is 7.89. The van der Waals surface area contributed by atoms with Gasteiger partial charge in [0.25, 0.3) is 0 Å². The molecule has 206 valence electrons. The molecule has 0 bridgehead atoms. The van der Waals surface area contributed by atoms with Crippen LogP contribution in [0, 0.1) is 5.92 Å². The van der Waals surface area contributed by atoms with Crippen LogP contribution in [0.3, 0.4) is 0 Å². The van der Waals surface area contributed by atoms with Crippen molar-refractivity contribution in [3.8, 4) is 5.75 Å². The normalized spacial score (nSPS) is 13.0. The number of aliphatic carboxylic acids is 1. The molecule has 1 heterocycles. The van der Waals surface area contributed by atoms with E-state index in [1.807, 2.05) is 0 Å². The second kappa shape index (κ2) is 10.5. The van der Waals surface area contributed by atoms with Crippen LogP contribution in [0.4, 0.5) is 29.3 Å². The summed E-state index contributed by atoms with van der Waals surface area (Å²) in [5.41, 5.74) is 1.22. The van der Waals surface area contributed by atoms with Gasteiger partial charge in [0.05, 0.1) is 4.90 Å². The molecule has 4 aromatic rings. The van der Waals surface area contributed by atoms with E-state index in [1.165, 1.54) is 30.3 Å². The zero-order valence-electron chi connectivity index (χ0n) is 20.4. The van der Waals surface area contributed by atoms with Gasteiger partial charge < -0.3 is 24.9 Å². The van der Waals surface area contributed by atoms with E-state index >= 15 is 0 Å². The number of carbonyl (C=O) groups is 2. The molecule has 0 aliphatic rings.